The molecule has 1 heterocycles. The molecule has 0 saturated heterocycles. The van der Waals surface area contributed by atoms with Crippen LogP contribution in [-0.4, -0.2) is 16.5 Å². The number of aromatic nitrogens is 1. The van der Waals surface area contributed by atoms with E-state index in [-0.39, 0.29) is 18.5 Å². The number of amides is 1. The molecular weight excluding hydrogens is 280 g/mol. The third kappa shape index (κ3) is 3.40. The number of fused-ring (bicyclic) bond motifs is 1. The molecule has 5 nitrogen and oxygen atoms in total. The van der Waals surface area contributed by atoms with Crippen LogP contribution in [0.25, 0.3) is 11.1 Å². The second-order valence-corrected chi connectivity index (χ2v) is 6.03. The van der Waals surface area contributed by atoms with E-state index in [1.165, 1.54) is 36.7 Å². The van der Waals surface area contributed by atoms with E-state index in [9.17, 15) is 9.59 Å². The Labute approximate surface area is 129 Å². The van der Waals surface area contributed by atoms with Crippen molar-refractivity contribution in [1.29, 1.82) is 0 Å². The first-order valence-corrected chi connectivity index (χ1v) is 8.12. The fourth-order valence-electron chi connectivity index (χ4n) is 3.18. The summed E-state index contributed by atoms with van der Waals surface area (Å²) in [5.74, 6) is -0.590. The first-order chi connectivity index (χ1) is 10.7. The summed E-state index contributed by atoms with van der Waals surface area (Å²) in [6.07, 6.45) is 8.20. The summed E-state index contributed by atoms with van der Waals surface area (Å²) < 4.78 is 6.55. The van der Waals surface area contributed by atoms with Gasteiger partial charge in [-0.15, -0.1) is 0 Å². The van der Waals surface area contributed by atoms with Gasteiger partial charge < -0.3 is 9.73 Å². The van der Waals surface area contributed by atoms with Crippen LogP contribution in [0.5, 0.6) is 0 Å². The molecule has 1 saturated carbocycles. The Hall–Kier alpha value is -2.04. The van der Waals surface area contributed by atoms with Crippen LogP contribution in [0, 0.1) is 0 Å². The first kappa shape index (κ1) is 14.9. The van der Waals surface area contributed by atoms with Crippen molar-refractivity contribution in [3.8, 4) is 0 Å². The Morgan fingerprint density at radius 3 is 2.59 bits per heavy atom. The minimum atomic E-state index is -0.478. The van der Waals surface area contributed by atoms with E-state index in [4.69, 9.17) is 4.42 Å². The van der Waals surface area contributed by atoms with Gasteiger partial charge in [-0.2, -0.15) is 0 Å². The van der Waals surface area contributed by atoms with Crippen molar-refractivity contribution in [3.05, 3.63) is 34.8 Å². The number of oxazole rings is 1. The van der Waals surface area contributed by atoms with E-state index >= 15 is 0 Å². The highest BCUT2D eigenvalue weighted by Crippen LogP contribution is 2.17. The molecule has 0 aliphatic heterocycles. The molecule has 1 fully saturated rings. The zero-order valence-electron chi connectivity index (χ0n) is 12.7. The predicted octanol–water partition coefficient (Wildman–Crippen LogP) is 2.82. The van der Waals surface area contributed by atoms with E-state index in [1.54, 1.807) is 12.1 Å². The van der Waals surface area contributed by atoms with Gasteiger partial charge in [-0.25, -0.2) is 4.79 Å². The number of para-hydroxylation sites is 2. The van der Waals surface area contributed by atoms with Crippen LogP contribution < -0.4 is 11.1 Å². The quantitative estimate of drug-likeness (QED) is 0.948. The Bertz CT molecular complexity index is 693. The number of nitrogens with one attached hydrogen (secondary N) is 1. The molecule has 1 aromatic carbocycles. The van der Waals surface area contributed by atoms with E-state index in [0.29, 0.717) is 11.1 Å². The van der Waals surface area contributed by atoms with Gasteiger partial charge in [0.25, 0.3) is 0 Å². The van der Waals surface area contributed by atoms with Crippen LogP contribution >= 0.6 is 0 Å². The largest absolute Gasteiger partial charge is 0.420 e. The van der Waals surface area contributed by atoms with Gasteiger partial charge in [-0.1, -0.05) is 44.2 Å². The molecule has 3 rings (SSSR count). The first-order valence-electron chi connectivity index (χ1n) is 8.12. The molecule has 5 heteroatoms. The lowest BCUT2D eigenvalue weighted by molar-refractivity contribution is -0.122. The van der Waals surface area contributed by atoms with Crippen LogP contribution in [0.4, 0.5) is 0 Å². The van der Waals surface area contributed by atoms with Crippen LogP contribution in [0.1, 0.15) is 44.9 Å². The SMILES string of the molecule is O=C(Cn1c(=O)oc2ccccc21)NC1CCCCCCC1. The zero-order chi connectivity index (χ0) is 15.4. The highest BCUT2D eigenvalue weighted by Gasteiger charge is 2.16. The molecule has 22 heavy (non-hydrogen) atoms. The highest BCUT2D eigenvalue weighted by molar-refractivity contribution is 5.79. The van der Waals surface area contributed by atoms with Gasteiger partial charge in [-0.05, 0) is 25.0 Å². The van der Waals surface area contributed by atoms with Crippen molar-refractivity contribution in [2.45, 2.75) is 57.5 Å². The monoisotopic (exact) mass is 302 g/mol. The van der Waals surface area contributed by atoms with E-state index in [1.807, 2.05) is 12.1 Å². The molecule has 0 atom stereocenters. The smallest absolute Gasteiger partial charge is 0.408 e. The maximum Gasteiger partial charge on any atom is 0.420 e. The zero-order valence-corrected chi connectivity index (χ0v) is 12.7. The summed E-state index contributed by atoms with van der Waals surface area (Å²) in [5, 5.41) is 3.08. The molecule has 2 aromatic rings. The summed E-state index contributed by atoms with van der Waals surface area (Å²) in [6.45, 7) is 0.0202. The number of hydrogen-bond donors (Lipinski definition) is 1. The summed E-state index contributed by atoms with van der Waals surface area (Å²) in [7, 11) is 0. The van der Waals surface area contributed by atoms with Crippen molar-refractivity contribution >= 4 is 17.0 Å². The number of nitrogens with zero attached hydrogens (tertiary/aromatic N) is 1. The lowest BCUT2D eigenvalue weighted by Gasteiger charge is -2.21. The van der Waals surface area contributed by atoms with Crippen LogP contribution in [0.3, 0.4) is 0 Å². The maximum atomic E-state index is 12.3. The topological polar surface area (TPSA) is 64.2 Å². The molecule has 118 valence electrons. The normalized spacial score (nSPS) is 17.1. The lowest BCUT2D eigenvalue weighted by atomic mass is 9.97. The summed E-state index contributed by atoms with van der Waals surface area (Å²) in [6, 6.07) is 7.41. The van der Waals surface area contributed by atoms with Gasteiger partial charge in [0.1, 0.15) is 6.54 Å². The number of hydrogen-bond acceptors (Lipinski definition) is 3. The number of carbonyl (C=O) groups excluding carboxylic acids is 1. The second kappa shape index (κ2) is 6.81. The van der Waals surface area contributed by atoms with Crippen molar-refractivity contribution in [2.24, 2.45) is 0 Å². The summed E-state index contributed by atoms with van der Waals surface area (Å²) in [5.41, 5.74) is 1.19. The maximum absolute atomic E-state index is 12.3. The van der Waals surface area contributed by atoms with Gasteiger partial charge in [0.15, 0.2) is 5.58 Å². The standard InChI is InChI=1S/C17H22N2O3/c20-16(18-13-8-4-2-1-3-5-9-13)12-19-14-10-6-7-11-15(14)22-17(19)21/h6-7,10-11,13H,1-5,8-9,12H2,(H,18,20). The summed E-state index contributed by atoms with van der Waals surface area (Å²) in [4.78, 5) is 24.1. The highest BCUT2D eigenvalue weighted by atomic mass is 16.4. The fraction of sp³-hybridized carbons (Fsp3) is 0.529. The molecule has 1 aromatic heterocycles. The molecule has 0 spiro atoms. The van der Waals surface area contributed by atoms with Gasteiger partial charge in [0.2, 0.25) is 5.91 Å². The Kier molecular flexibility index (Phi) is 4.61. The van der Waals surface area contributed by atoms with E-state index in [0.717, 1.165) is 12.8 Å². The Balaban J connectivity index is 1.67. The average molecular weight is 302 g/mol. The molecule has 1 aliphatic rings. The molecule has 0 bridgehead atoms. The van der Waals surface area contributed by atoms with Gasteiger partial charge >= 0.3 is 5.76 Å². The van der Waals surface area contributed by atoms with Crippen LogP contribution in [-0.2, 0) is 11.3 Å². The van der Waals surface area contributed by atoms with Crippen molar-refractivity contribution in [2.75, 3.05) is 0 Å². The lowest BCUT2D eigenvalue weighted by Crippen LogP contribution is -2.38. The average Bonchev–Trinajstić information content (AvgIpc) is 2.78. The third-order valence-electron chi connectivity index (χ3n) is 4.35. The Morgan fingerprint density at radius 1 is 1.14 bits per heavy atom. The third-order valence-corrected chi connectivity index (χ3v) is 4.35. The Morgan fingerprint density at radius 2 is 1.82 bits per heavy atom. The molecule has 1 amide bonds. The van der Waals surface area contributed by atoms with Crippen molar-refractivity contribution in [3.63, 3.8) is 0 Å². The van der Waals surface area contributed by atoms with Gasteiger partial charge in [0.05, 0.1) is 5.52 Å². The van der Waals surface area contributed by atoms with Gasteiger partial charge in [-0.3, -0.25) is 9.36 Å². The minimum Gasteiger partial charge on any atom is -0.408 e. The number of rotatable bonds is 3. The molecular formula is C17H22N2O3. The number of benzene rings is 1. The minimum absolute atomic E-state index is 0.0202. The van der Waals surface area contributed by atoms with E-state index in [2.05, 4.69) is 5.32 Å². The van der Waals surface area contributed by atoms with Crippen molar-refractivity contribution in [1.82, 2.24) is 9.88 Å². The molecule has 0 unspecified atom stereocenters. The molecule has 1 aliphatic carbocycles. The summed E-state index contributed by atoms with van der Waals surface area (Å²) >= 11 is 0. The number of carbonyl (C=O) groups is 1. The predicted molar refractivity (Wildman–Crippen MR) is 84.7 cm³/mol. The van der Waals surface area contributed by atoms with Gasteiger partial charge in [0, 0.05) is 6.04 Å². The van der Waals surface area contributed by atoms with Crippen LogP contribution in [0.15, 0.2) is 33.5 Å². The van der Waals surface area contributed by atoms with E-state index < -0.39 is 5.76 Å². The molecule has 0 radical (unpaired) electrons. The second-order valence-electron chi connectivity index (χ2n) is 6.03. The van der Waals surface area contributed by atoms with Crippen LogP contribution in [0.2, 0.25) is 0 Å². The fourth-order valence-corrected chi connectivity index (χ4v) is 3.18. The molecule has 1 N–H and O–H groups in total. The van der Waals surface area contributed by atoms with Crippen molar-refractivity contribution < 1.29 is 9.21 Å².